The third kappa shape index (κ3) is 4.50. The first kappa shape index (κ1) is 23.1. The van der Waals surface area contributed by atoms with Gasteiger partial charge >= 0.3 is 0 Å². The monoisotopic (exact) mass is 501 g/mol. The number of hydrogen-bond acceptors (Lipinski definition) is 6. The van der Waals surface area contributed by atoms with Crippen LogP contribution in [-0.4, -0.2) is 44.2 Å². The van der Waals surface area contributed by atoms with Crippen molar-refractivity contribution in [2.75, 3.05) is 11.9 Å². The topological polar surface area (TPSA) is 112 Å². The van der Waals surface area contributed by atoms with Crippen LogP contribution in [0.2, 0.25) is 0 Å². The predicted octanol–water partition coefficient (Wildman–Crippen LogP) is 4.43. The number of amides is 1. The number of nitrogens with one attached hydrogen (secondary N) is 2. The number of hydrazone groups is 1. The second-order valence-electron chi connectivity index (χ2n) is 9.61. The van der Waals surface area contributed by atoms with Crippen LogP contribution < -0.4 is 11.1 Å². The van der Waals surface area contributed by atoms with Crippen molar-refractivity contribution in [3.63, 3.8) is 0 Å². The van der Waals surface area contributed by atoms with E-state index in [4.69, 9.17) is 15.8 Å². The number of aromatic nitrogens is 3. The van der Waals surface area contributed by atoms with Gasteiger partial charge in [0, 0.05) is 53.0 Å². The van der Waals surface area contributed by atoms with Crippen molar-refractivity contribution in [2.45, 2.75) is 32.4 Å². The molecule has 2 aromatic carbocycles. The lowest BCUT2D eigenvalue weighted by Gasteiger charge is -2.11. The first-order valence-electron chi connectivity index (χ1n) is 12.2. The molecule has 0 spiro atoms. The van der Waals surface area contributed by atoms with E-state index in [9.17, 15) is 13.6 Å². The van der Waals surface area contributed by atoms with Crippen LogP contribution >= 0.6 is 0 Å². The molecule has 4 N–H and O–H groups in total. The standard InChI is InChI=1S/C27H25F2N7O/c1-14-13-36(19-3-4-19)35-24(14)26-25(20-6-7-31-22-5-2-15(27(30)37)8-21(20)22)33-23(34-26)12-32-18-10-16(28)9-17(29)11-18/h2,5-11,14,19,32H,3-4,12-13H2,1H3,(H2,30,37)(H,33,34). The van der Waals surface area contributed by atoms with Gasteiger partial charge in [-0.25, -0.2) is 13.8 Å². The number of rotatable bonds is 7. The van der Waals surface area contributed by atoms with Gasteiger partial charge in [-0.2, -0.15) is 5.10 Å². The third-order valence-corrected chi connectivity index (χ3v) is 6.75. The Kier molecular flexibility index (Phi) is 5.58. The van der Waals surface area contributed by atoms with Crippen molar-refractivity contribution in [3.05, 3.63) is 77.4 Å². The highest BCUT2D eigenvalue weighted by Gasteiger charge is 2.36. The molecule has 8 nitrogen and oxygen atoms in total. The molecule has 1 aliphatic heterocycles. The normalized spacial score (nSPS) is 17.3. The molecule has 188 valence electrons. The van der Waals surface area contributed by atoms with E-state index in [1.54, 1.807) is 24.4 Å². The summed E-state index contributed by atoms with van der Waals surface area (Å²) in [6.45, 7) is 3.16. The molecule has 37 heavy (non-hydrogen) atoms. The number of benzene rings is 2. The van der Waals surface area contributed by atoms with E-state index in [1.165, 1.54) is 12.1 Å². The van der Waals surface area contributed by atoms with E-state index < -0.39 is 17.5 Å². The Morgan fingerprint density at radius 1 is 1.16 bits per heavy atom. The van der Waals surface area contributed by atoms with Crippen LogP contribution in [-0.2, 0) is 6.54 Å². The Morgan fingerprint density at radius 3 is 2.68 bits per heavy atom. The van der Waals surface area contributed by atoms with E-state index in [0.717, 1.165) is 47.8 Å². The molecule has 10 heteroatoms. The number of imidazole rings is 1. The molecular weight excluding hydrogens is 476 g/mol. The van der Waals surface area contributed by atoms with Crippen molar-refractivity contribution in [3.8, 4) is 11.3 Å². The van der Waals surface area contributed by atoms with E-state index in [0.29, 0.717) is 34.3 Å². The van der Waals surface area contributed by atoms with Gasteiger partial charge in [-0.15, -0.1) is 0 Å². The smallest absolute Gasteiger partial charge is 0.248 e. The Hall–Kier alpha value is -4.34. The molecule has 4 aromatic rings. The summed E-state index contributed by atoms with van der Waals surface area (Å²) in [5.74, 6) is -1.11. The number of primary amides is 1. The summed E-state index contributed by atoms with van der Waals surface area (Å²) in [5, 5.41) is 10.9. The van der Waals surface area contributed by atoms with E-state index in [-0.39, 0.29) is 12.5 Å². The minimum atomic E-state index is -0.661. The second kappa shape index (κ2) is 8.95. The number of pyridine rings is 1. The molecule has 2 aliphatic rings. The van der Waals surface area contributed by atoms with Crippen LogP contribution in [0.5, 0.6) is 0 Å². The van der Waals surface area contributed by atoms with Crippen molar-refractivity contribution in [2.24, 2.45) is 16.8 Å². The zero-order valence-electron chi connectivity index (χ0n) is 20.1. The summed E-state index contributed by atoms with van der Waals surface area (Å²) in [6.07, 6.45) is 3.98. The van der Waals surface area contributed by atoms with Gasteiger partial charge in [0.15, 0.2) is 0 Å². The number of carbonyl (C=O) groups is 1. The largest absolute Gasteiger partial charge is 0.378 e. The number of nitrogens with zero attached hydrogens (tertiary/aromatic N) is 4. The molecule has 1 unspecified atom stereocenters. The summed E-state index contributed by atoms with van der Waals surface area (Å²) in [7, 11) is 0. The minimum Gasteiger partial charge on any atom is -0.378 e. The molecule has 1 atom stereocenters. The summed E-state index contributed by atoms with van der Waals surface area (Å²) < 4.78 is 27.3. The maximum Gasteiger partial charge on any atom is 0.248 e. The Balaban J connectivity index is 1.44. The van der Waals surface area contributed by atoms with Gasteiger partial charge in [0.2, 0.25) is 5.91 Å². The quantitative estimate of drug-likeness (QED) is 0.347. The molecule has 1 aliphatic carbocycles. The van der Waals surface area contributed by atoms with Gasteiger partial charge in [-0.1, -0.05) is 6.92 Å². The summed E-state index contributed by atoms with van der Waals surface area (Å²) in [4.78, 5) is 24.6. The average molecular weight is 502 g/mol. The van der Waals surface area contributed by atoms with Gasteiger partial charge in [-0.3, -0.25) is 14.8 Å². The molecule has 1 amide bonds. The number of halogens is 2. The summed E-state index contributed by atoms with van der Waals surface area (Å²) >= 11 is 0. The highest BCUT2D eigenvalue weighted by atomic mass is 19.1. The van der Waals surface area contributed by atoms with Gasteiger partial charge in [0.05, 0.1) is 23.5 Å². The fourth-order valence-corrected chi connectivity index (χ4v) is 4.77. The number of aromatic amines is 1. The molecule has 6 rings (SSSR count). The Morgan fingerprint density at radius 2 is 1.95 bits per heavy atom. The van der Waals surface area contributed by atoms with Crippen LogP contribution in [0.3, 0.4) is 0 Å². The number of hydrogen-bond donors (Lipinski definition) is 3. The zero-order chi connectivity index (χ0) is 25.7. The van der Waals surface area contributed by atoms with Gasteiger partial charge in [0.1, 0.15) is 23.2 Å². The van der Waals surface area contributed by atoms with Crippen molar-refractivity contribution in [1.29, 1.82) is 0 Å². The maximum atomic E-state index is 13.7. The van der Waals surface area contributed by atoms with Crippen molar-refractivity contribution >= 4 is 28.2 Å². The zero-order valence-corrected chi connectivity index (χ0v) is 20.1. The van der Waals surface area contributed by atoms with Crippen LogP contribution in [0, 0.1) is 17.6 Å². The number of H-pyrrole nitrogens is 1. The van der Waals surface area contributed by atoms with Gasteiger partial charge in [0.25, 0.3) is 0 Å². The molecule has 0 radical (unpaired) electrons. The van der Waals surface area contributed by atoms with E-state index >= 15 is 0 Å². The number of carbonyl (C=O) groups excluding carboxylic acids is 1. The molecule has 0 bridgehead atoms. The van der Waals surface area contributed by atoms with E-state index in [2.05, 4.69) is 27.2 Å². The lowest BCUT2D eigenvalue weighted by atomic mass is 9.97. The number of nitrogens with two attached hydrogens (primary N) is 1. The predicted molar refractivity (Wildman–Crippen MR) is 137 cm³/mol. The van der Waals surface area contributed by atoms with Crippen LogP contribution in [0.25, 0.3) is 22.2 Å². The Labute approximate surface area is 211 Å². The lowest BCUT2D eigenvalue weighted by Crippen LogP contribution is -2.20. The fraction of sp³-hybridized carbons (Fsp3) is 0.259. The molecule has 2 aromatic heterocycles. The van der Waals surface area contributed by atoms with E-state index in [1.807, 2.05) is 6.07 Å². The summed E-state index contributed by atoms with van der Waals surface area (Å²) in [6, 6.07) is 10.8. The second-order valence-corrected chi connectivity index (χ2v) is 9.61. The van der Waals surface area contributed by atoms with Crippen LogP contribution in [0.4, 0.5) is 14.5 Å². The van der Waals surface area contributed by atoms with Gasteiger partial charge < -0.3 is 16.0 Å². The number of fused-ring (bicyclic) bond motifs is 1. The van der Waals surface area contributed by atoms with Gasteiger partial charge in [-0.05, 0) is 49.2 Å². The van der Waals surface area contributed by atoms with Crippen molar-refractivity contribution in [1.82, 2.24) is 20.0 Å². The molecule has 1 saturated carbocycles. The first-order chi connectivity index (χ1) is 17.9. The molecule has 1 fully saturated rings. The highest BCUT2D eigenvalue weighted by Crippen LogP contribution is 2.35. The molecule has 3 heterocycles. The summed E-state index contributed by atoms with van der Waals surface area (Å²) in [5.41, 5.74) is 10.1. The third-order valence-electron chi connectivity index (χ3n) is 6.75. The SMILES string of the molecule is CC1CN(C2CC2)N=C1c1nc(CNc2cc(F)cc(F)c2)[nH]c1-c1ccnc2ccc(C(N)=O)cc12. The Bertz CT molecular complexity index is 1540. The molecule has 0 saturated heterocycles. The average Bonchev–Trinajstić information content (AvgIpc) is 3.52. The number of anilines is 1. The minimum absolute atomic E-state index is 0.162. The fourth-order valence-electron chi connectivity index (χ4n) is 4.77. The maximum absolute atomic E-state index is 13.7. The highest BCUT2D eigenvalue weighted by molar-refractivity contribution is 6.09. The molecular formula is C27H25F2N7O. The first-order valence-corrected chi connectivity index (χ1v) is 12.2. The lowest BCUT2D eigenvalue weighted by molar-refractivity contribution is 0.100. The van der Waals surface area contributed by atoms with Crippen LogP contribution in [0.1, 0.15) is 41.6 Å². The van der Waals surface area contributed by atoms with Crippen molar-refractivity contribution < 1.29 is 13.6 Å². The van der Waals surface area contributed by atoms with Crippen LogP contribution in [0.15, 0.2) is 53.8 Å².